The highest BCUT2D eigenvalue weighted by Crippen LogP contribution is 2.33. The van der Waals surface area contributed by atoms with Crippen LogP contribution in [0.25, 0.3) is 11.1 Å². The molecule has 0 aromatic heterocycles. The number of anilines is 4. The molecule has 5 aromatic rings. The number of nitrogens with two attached hydrogens (primary N) is 1. The molecule has 5 rings (SSSR count). The van der Waals surface area contributed by atoms with E-state index in [1.54, 1.807) is 112 Å². The van der Waals surface area contributed by atoms with Gasteiger partial charge in [-0.3, -0.25) is 24.0 Å². The average Bonchev–Trinajstić information content (AvgIpc) is 3.28. The van der Waals surface area contributed by atoms with Crippen molar-refractivity contribution in [2.45, 2.75) is 38.3 Å². The van der Waals surface area contributed by atoms with E-state index in [-0.39, 0.29) is 37.5 Å². The fourth-order valence-electron chi connectivity index (χ4n) is 6.78. The lowest BCUT2D eigenvalue weighted by Crippen LogP contribution is -2.57. The van der Waals surface area contributed by atoms with Crippen molar-refractivity contribution < 1.29 is 46.6 Å². The molecule has 65 heavy (non-hydrogen) atoms. The number of halogens is 3. The second-order valence-corrected chi connectivity index (χ2v) is 15.2. The Morgan fingerprint density at radius 1 is 0.646 bits per heavy atom. The number of benzene rings is 5. The van der Waals surface area contributed by atoms with Crippen LogP contribution in [0.4, 0.5) is 35.9 Å². The first-order valence-electron chi connectivity index (χ1n) is 20.6. The molecule has 0 aliphatic rings. The molecule has 0 aliphatic carbocycles. The Kier molecular flexibility index (Phi) is 17.7. The topological polar surface area (TPSA) is 172 Å². The summed E-state index contributed by atoms with van der Waals surface area (Å²) in [5.41, 5.74) is 8.78. The summed E-state index contributed by atoms with van der Waals surface area (Å²) in [6.07, 6.45) is -4.40. The van der Waals surface area contributed by atoms with Gasteiger partial charge in [-0.05, 0) is 84.1 Å². The third-order valence-corrected chi connectivity index (χ3v) is 10.2. The first-order valence-corrected chi connectivity index (χ1v) is 20.6. The molecular weight excluding hydrogens is 842 g/mol. The van der Waals surface area contributed by atoms with Crippen LogP contribution in [-0.4, -0.2) is 84.7 Å². The zero-order chi connectivity index (χ0) is 47.9. The summed E-state index contributed by atoms with van der Waals surface area (Å²) in [5, 5.41) is 8.28. The van der Waals surface area contributed by atoms with Gasteiger partial charge >= 0.3 is 18.1 Å². The van der Waals surface area contributed by atoms with E-state index in [0.717, 1.165) is 23.4 Å². The number of nitrogens with zero attached hydrogens (tertiary/aromatic N) is 2. The second-order valence-electron chi connectivity index (χ2n) is 15.2. The molecule has 0 atom stereocenters. The normalized spacial score (nSPS) is 11.0. The minimum Gasteiger partial charge on any atom is -0.469 e. The van der Waals surface area contributed by atoms with Gasteiger partial charge in [0.25, 0.3) is 5.91 Å². The third-order valence-electron chi connectivity index (χ3n) is 10.2. The van der Waals surface area contributed by atoms with E-state index >= 15 is 0 Å². The number of esters is 2. The summed E-state index contributed by atoms with van der Waals surface area (Å²) in [6, 6.07) is 30.1. The second kappa shape index (κ2) is 22.8. The fraction of sp³-hybridized carbons (Fsp3) is 0.286. The Bertz CT molecular complexity index is 2420. The number of carbonyl (C=O) groups excluding carboxylic acids is 5. The summed E-state index contributed by atoms with van der Waals surface area (Å²) in [6.45, 7) is 3.45. The number of hydrogen-bond acceptors (Lipinski definition) is 10. The van der Waals surface area contributed by atoms with E-state index in [1.165, 1.54) is 19.2 Å². The fourth-order valence-corrected chi connectivity index (χ4v) is 6.78. The number of nitrogen functional groups attached to an aromatic ring is 1. The molecule has 5 aromatic carbocycles. The maximum atomic E-state index is 13.5. The van der Waals surface area contributed by atoms with Gasteiger partial charge in [0, 0.05) is 46.8 Å². The number of carbonyl (C=O) groups is 5. The van der Waals surface area contributed by atoms with Crippen LogP contribution < -0.4 is 31.5 Å². The average molecular weight is 897 g/mol. The van der Waals surface area contributed by atoms with Crippen molar-refractivity contribution in [1.82, 2.24) is 10.6 Å². The van der Waals surface area contributed by atoms with Crippen molar-refractivity contribution in [2.75, 3.05) is 75.8 Å². The van der Waals surface area contributed by atoms with Gasteiger partial charge in [0.15, 0.2) is 5.41 Å². The van der Waals surface area contributed by atoms with Gasteiger partial charge in [0.1, 0.15) is 6.61 Å². The number of alkyl halides is 3. The van der Waals surface area contributed by atoms with Crippen LogP contribution in [0.5, 0.6) is 0 Å². The Morgan fingerprint density at radius 2 is 1.18 bits per heavy atom. The van der Waals surface area contributed by atoms with Gasteiger partial charge < -0.3 is 41.0 Å². The van der Waals surface area contributed by atoms with Gasteiger partial charge in [-0.25, -0.2) is 0 Å². The van der Waals surface area contributed by atoms with Crippen molar-refractivity contribution in [3.05, 3.63) is 143 Å². The zero-order valence-corrected chi connectivity index (χ0v) is 37.5. The molecule has 16 heteroatoms. The van der Waals surface area contributed by atoms with Crippen molar-refractivity contribution >= 4 is 52.4 Å². The molecule has 0 saturated heterocycles. The number of amides is 3. The minimum absolute atomic E-state index is 0.193. The maximum Gasteiger partial charge on any atom is 0.416 e. The molecule has 3 amide bonds. The molecular formula is C49H55F3N6O7. The Balaban J connectivity index is 0.000000521. The first kappa shape index (κ1) is 50.3. The molecule has 0 unspecified atom stereocenters. The van der Waals surface area contributed by atoms with E-state index in [2.05, 4.69) is 20.7 Å². The lowest BCUT2D eigenvalue weighted by molar-refractivity contribution is -0.150. The molecule has 0 radical (unpaired) electrons. The van der Waals surface area contributed by atoms with E-state index in [0.29, 0.717) is 39.3 Å². The van der Waals surface area contributed by atoms with Gasteiger partial charge in [-0.15, -0.1) is 0 Å². The summed E-state index contributed by atoms with van der Waals surface area (Å²) >= 11 is 0. The van der Waals surface area contributed by atoms with Crippen LogP contribution in [0.2, 0.25) is 0 Å². The quantitative estimate of drug-likeness (QED) is 0.0458. The number of methoxy groups -OCH3 is 1. The van der Waals surface area contributed by atoms with E-state index < -0.39 is 47.5 Å². The molecule has 0 bridgehead atoms. The highest BCUT2D eigenvalue weighted by Gasteiger charge is 2.48. The van der Waals surface area contributed by atoms with Crippen LogP contribution in [0.1, 0.15) is 46.5 Å². The van der Waals surface area contributed by atoms with Crippen molar-refractivity contribution in [3.63, 3.8) is 0 Å². The predicted octanol–water partition coefficient (Wildman–Crippen LogP) is 7.04. The van der Waals surface area contributed by atoms with Gasteiger partial charge in [0.05, 0.1) is 48.3 Å². The Hall–Kier alpha value is -7.36. The van der Waals surface area contributed by atoms with Crippen LogP contribution >= 0.6 is 0 Å². The summed E-state index contributed by atoms with van der Waals surface area (Å²) in [7, 11) is 8.72. The first-order chi connectivity index (χ1) is 30.9. The number of hydrogen-bond donors (Lipinski definition) is 4. The molecule has 344 valence electrons. The number of likely N-dealkylation sites (N-methyl/N-ethyl adjacent to an activating group) is 2. The van der Waals surface area contributed by atoms with Crippen LogP contribution in [0.15, 0.2) is 115 Å². The molecule has 5 N–H and O–H groups in total. The van der Waals surface area contributed by atoms with Crippen molar-refractivity contribution in [2.24, 2.45) is 0 Å². The van der Waals surface area contributed by atoms with Gasteiger partial charge in [0.2, 0.25) is 11.8 Å². The maximum absolute atomic E-state index is 13.5. The Morgan fingerprint density at radius 3 is 1.74 bits per heavy atom. The smallest absolute Gasteiger partial charge is 0.416 e. The van der Waals surface area contributed by atoms with E-state index in [9.17, 15) is 37.1 Å². The molecule has 0 fully saturated rings. The Labute approximate surface area is 377 Å². The summed E-state index contributed by atoms with van der Waals surface area (Å²) in [4.78, 5) is 68.3. The summed E-state index contributed by atoms with van der Waals surface area (Å²) < 4.78 is 49.6. The van der Waals surface area contributed by atoms with Crippen molar-refractivity contribution in [3.8, 4) is 11.1 Å². The lowest BCUT2D eigenvalue weighted by Gasteiger charge is -2.31. The van der Waals surface area contributed by atoms with Crippen LogP contribution in [-0.2, 0) is 53.1 Å². The van der Waals surface area contributed by atoms with Gasteiger partial charge in [-0.2, -0.15) is 13.2 Å². The molecule has 0 saturated carbocycles. The van der Waals surface area contributed by atoms with Crippen LogP contribution in [0, 0.1) is 0 Å². The van der Waals surface area contributed by atoms with E-state index in [4.69, 9.17) is 10.5 Å². The monoisotopic (exact) mass is 896 g/mol. The molecule has 13 nitrogen and oxygen atoms in total. The summed E-state index contributed by atoms with van der Waals surface area (Å²) in [5.74, 6) is -2.60. The zero-order valence-electron chi connectivity index (χ0n) is 37.5. The molecule has 0 spiro atoms. The van der Waals surface area contributed by atoms with Crippen LogP contribution in [0.3, 0.4) is 0 Å². The largest absolute Gasteiger partial charge is 0.469 e. The number of ether oxygens (including phenoxy) is 2. The highest BCUT2D eigenvalue weighted by molar-refractivity contribution is 6.11. The van der Waals surface area contributed by atoms with Crippen molar-refractivity contribution in [1.29, 1.82) is 0 Å². The van der Waals surface area contributed by atoms with Gasteiger partial charge in [-0.1, -0.05) is 72.8 Å². The molecule has 0 aliphatic heterocycles. The standard InChI is InChI=1S/C38H39F3N4O5.C11H16N2O2/c1-5-42-35(48)37(36(49)43-6-2,27-12-8-7-9-13-27)24-50-33(46)23-25-16-21-31(32(22-25)45(3)4)44-34(47)30-15-11-10-14-29(30)26-17-19-28(20-18-26)38(39,40)41;1-13(2)10-6-8(4-5-9(10)12)7-11(14)15-3/h7-22H,5-6,23-24H2,1-4H3,(H,42,48)(H,43,49)(H,44,47);4-6H,7,12H2,1-3H3. The SMILES string of the molecule is CCNC(=O)C(COC(=O)Cc1ccc(NC(=O)c2ccccc2-c2ccc(C(F)(F)F)cc2)c(N(C)C)c1)(C(=O)NCC)c1ccccc1.COC(=O)Cc1ccc(N)c(N(C)C)c1. The number of rotatable bonds is 16. The number of nitrogens with one attached hydrogen (secondary N) is 3. The lowest BCUT2D eigenvalue weighted by atomic mass is 9.79. The minimum atomic E-state index is -4.48. The van der Waals surface area contributed by atoms with E-state index in [1.807, 2.05) is 31.1 Å². The molecule has 0 heterocycles. The highest BCUT2D eigenvalue weighted by atomic mass is 19.4. The predicted molar refractivity (Wildman–Crippen MR) is 247 cm³/mol. The third kappa shape index (κ3) is 13.1.